The Kier molecular flexibility index (Phi) is 4.80. The molecule has 0 bridgehead atoms. The molecule has 0 aliphatic carbocycles. The van der Waals surface area contributed by atoms with Crippen LogP contribution in [0.15, 0.2) is 30.3 Å². The van der Waals surface area contributed by atoms with Crippen LogP contribution in [-0.2, 0) is 14.9 Å². The molecule has 0 N–H and O–H groups in total. The Hall–Kier alpha value is -1.02. The zero-order valence-corrected chi connectivity index (χ0v) is 12.3. The van der Waals surface area contributed by atoms with Crippen LogP contribution in [-0.4, -0.2) is 18.0 Å². The lowest BCUT2D eigenvalue weighted by molar-refractivity contribution is -0.144. The van der Waals surface area contributed by atoms with Crippen molar-refractivity contribution in [2.24, 2.45) is 0 Å². The highest BCUT2D eigenvalue weighted by Gasteiger charge is 2.41. The van der Waals surface area contributed by atoms with E-state index >= 15 is 0 Å². The fraction of sp³-hybridized carbons (Fsp3) is 0.533. The maximum atomic E-state index is 11.8. The van der Waals surface area contributed by atoms with Crippen molar-refractivity contribution in [3.8, 4) is 0 Å². The second kappa shape index (κ2) is 5.75. The number of rotatable bonds is 5. The minimum atomic E-state index is -0.950. The van der Waals surface area contributed by atoms with Gasteiger partial charge in [-0.15, -0.1) is 11.6 Å². The van der Waals surface area contributed by atoms with Gasteiger partial charge in [-0.1, -0.05) is 51.1 Å². The Balaban J connectivity index is 2.97. The highest BCUT2D eigenvalue weighted by molar-refractivity contribution is 6.34. The average molecular weight is 269 g/mol. The van der Waals surface area contributed by atoms with Crippen LogP contribution in [0.5, 0.6) is 0 Å². The minimum Gasteiger partial charge on any atom is -0.468 e. The molecule has 0 radical (unpaired) electrons. The maximum absolute atomic E-state index is 11.8. The summed E-state index contributed by atoms with van der Waals surface area (Å²) in [6.45, 7) is 6.10. The number of esters is 1. The maximum Gasteiger partial charge on any atom is 0.326 e. The number of hydrogen-bond donors (Lipinski definition) is 0. The van der Waals surface area contributed by atoms with Crippen LogP contribution in [0.25, 0.3) is 0 Å². The van der Waals surface area contributed by atoms with Crippen molar-refractivity contribution >= 4 is 17.6 Å². The van der Waals surface area contributed by atoms with Gasteiger partial charge in [0, 0.05) is 0 Å². The minimum absolute atomic E-state index is 0.173. The number of benzene rings is 1. The summed E-state index contributed by atoms with van der Waals surface area (Å²) in [4.78, 5) is 10.9. The van der Waals surface area contributed by atoms with E-state index in [1.54, 1.807) is 0 Å². The van der Waals surface area contributed by atoms with Crippen LogP contribution in [0, 0.1) is 0 Å². The van der Waals surface area contributed by atoms with Gasteiger partial charge in [0.15, 0.2) is 0 Å². The van der Waals surface area contributed by atoms with Crippen molar-refractivity contribution in [1.29, 1.82) is 0 Å². The first-order chi connectivity index (χ1) is 8.35. The standard InChI is InChI=1S/C15H21ClO2/c1-5-15(16,13(17)18-4)11-14(2,3)12-9-7-6-8-10-12/h6-10H,5,11H2,1-4H3. The zero-order chi connectivity index (χ0) is 13.8. The molecule has 0 amide bonds. The normalized spacial score (nSPS) is 14.9. The second-order valence-electron chi connectivity index (χ2n) is 5.24. The smallest absolute Gasteiger partial charge is 0.326 e. The molecule has 3 heteroatoms. The summed E-state index contributed by atoms with van der Waals surface area (Å²) in [7, 11) is 1.38. The summed E-state index contributed by atoms with van der Waals surface area (Å²) in [6.07, 6.45) is 1.10. The highest BCUT2D eigenvalue weighted by atomic mass is 35.5. The van der Waals surface area contributed by atoms with E-state index in [0.717, 1.165) is 0 Å². The summed E-state index contributed by atoms with van der Waals surface area (Å²) >= 11 is 6.43. The van der Waals surface area contributed by atoms with Gasteiger partial charge < -0.3 is 4.74 Å². The Morgan fingerprint density at radius 1 is 1.28 bits per heavy atom. The lowest BCUT2D eigenvalue weighted by Crippen LogP contribution is -2.39. The first-order valence-electron chi connectivity index (χ1n) is 6.18. The molecule has 0 aromatic heterocycles. The van der Waals surface area contributed by atoms with Crippen molar-refractivity contribution in [2.75, 3.05) is 7.11 Å². The van der Waals surface area contributed by atoms with Gasteiger partial charge in [0.25, 0.3) is 0 Å². The van der Waals surface area contributed by atoms with E-state index in [0.29, 0.717) is 12.8 Å². The van der Waals surface area contributed by atoms with Crippen LogP contribution in [0.4, 0.5) is 0 Å². The van der Waals surface area contributed by atoms with E-state index in [1.165, 1.54) is 12.7 Å². The molecular formula is C15H21ClO2. The summed E-state index contributed by atoms with van der Waals surface area (Å²) < 4.78 is 4.82. The largest absolute Gasteiger partial charge is 0.468 e. The summed E-state index contributed by atoms with van der Waals surface area (Å²) in [5.41, 5.74) is 1.00. The monoisotopic (exact) mass is 268 g/mol. The molecule has 0 spiro atoms. The van der Waals surface area contributed by atoms with E-state index in [1.807, 2.05) is 25.1 Å². The molecule has 0 saturated carbocycles. The van der Waals surface area contributed by atoms with E-state index < -0.39 is 4.87 Å². The highest BCUT2D eigenvalue weighted by Crippen LogP contribution is 2.38. The number of alkyl halides is 1. The zero-order valence-electron chi connectivity index (χ0n) is 11.5. The van der Waals surface area contributed by atoms with Gasteiger partial charge in [0.2, 0.25) is 0 Å². The fourth-order valence-corrected chi connectivity index (χ4v) is 2.63. The van der Waals surface area contributed by atoms with Crippen LogP contribution >= 0.6 is 11.6 Å². The summed E-state index contributed by atoms with van der Waals surface area (Å²) in [5.74, 6) is -0.351. The molecule has 1 rings (SSSR count). The molecule has 1 unspecified atom stereocenters. The van der Waals surface area contributed by atoms with Crippen LogP contribution < -0.4 is 0 Å². The molecule has 100 valence electrons. The van der Waals surface area contributed by atoms with Crippen molar-refractivity contribution in [2.45, 2.75) is 43.9 Å². The van der Waals surface area contributed by atoms with E-state index in [4.69, 9.17) is 16.3 Å². The third kappa shape index (κ3) is 3.26. The SMILES string of the molecule is CCC(Cl)(CC(C)(C)c1ccccc1)C(=O)OC. The number of hydrogen-bond acceptors (Lipinski definition) is 2. The molecule has 2 nitrogen and oxygen atoms in total. The number of carbonyl (C=O) groups is 1. The molecule has 0 fully saturated rings. The van der Waals surface area contributed by atoms with Gasteiger partial charge in [0.05, 0.1) is 7.11 Å². The van der Waals surface area contributed by atoms with E-state index in [9.17, 15) is 4.79 Å². The molecule has 0 heterocycles. The first kappa shape index (κ1) is 15.0. The number of ether oxygens (including phenoxy) is 1. The molecule has 1 aromatic carbocycles. The molecule has 18 heavy (non-hydrogen) atoms. The lowest BCUT2D eigenvalue weighted by atomic mass is 9.76. The Labute approximate surface area is 114 Å². The predicted molar refractivity (Wildman–Crippen MR) is 75.0 cm³/mol. The molecule has 0 aliphatic rings. The third-order valence-corrected chi connectivity index (χ3v) is 3.94. The van der Waals surface area contributed by atoms with Crippen LogP contribution in [0.3, 0.4) is 0 Å². The van der Waals surface area contributed by atoms with Gasteiger partial charge in [0.1, 0.15) is 4.87 Å². The van der Waals surface area contributed by atoms with E-state index in [2.05, 4.69) is 26.0 Å². The Morgan fingerprint density at radius 3 is 2.28 bits per heavy atom. The molecule has 1 atom stereocenters. The Morgan fingerprint density at radius 2 is 1.83 bits per heavy atom. The van der Waals surface area contributed by atoms with Crippen molar-refractivity contribution in [1.82, 2.24) is 0 Å². The molecule has 0 saturated heterocycles. The molecule has 0 aliphatic heterocycles. The Bertz CT molecular complexity index is 400. The van der Waals surface area contributed by atoms with Crippen LogP contribution in [0.1, 0.15) is 39.2 Å². The van der Waals surface area contributed by atoms with Gasteiger partial charge in [-0.05, 0) is 23.8 Å². The topological polar surface area (TPSA) is 26.3 Å². The summed E-state index contributed by atoms with van der Waals surface area (Å²) in [5, 5.41) is 0. The lowest BCUT2D eigenvalue weighted by Gasteiger charge is -2.33. The van der Waals surface area contributed by atoms with Gasteiger partial charge in [-0.3, -0.25) is 4.79 Å². The fourth-order valence-electron chi connectivity index (χ4n) is 2.22. The van der Waals surface area contributed by atoms with Gasteiger partial charge in [-0.2, -0.15) is 0 Å². The molecular weight excluding hydrogens is 248 g/mol. The summed E-state index contributed by atoms with van der Waals surface area (Å²) in [6, 6.07) is 10.1. The number of methoxy groups -OCH3 is 1. The molecule has 1 aromatic rings. The number of carbonyl (C=O) groups excluding carboxylic acids is 1. The van der Waals surface area contributed by atoms with Gasteiger partial charge >= 0.3 is 5.97 Å². The third-order valence-electron chi connectivity index (χ3n) is 3.39. The van der Waals surface area contributed by atoms with Gasteiger partial charge in [-0.25, -0.2) is 0 Å². The van der Waals surface area contributed by atoms with Crippen molar-refractivity contribution in [3.63, 3.8) is 0 Å². The van der Waals surface area contributed by atoms with Crippen molar-refractivity contribution in [3.05, 3.63) is 35.9 Å². The first-order valence-corrected chi connectivity index (χ1v) is 6.56. The number of halogens is 1. The van der Waals surface area contributed by atoms with Crippen molar-refractivity contribution < 1.29 is 9.53 Å². The second-order valence-corrected chi connectivity index (χ2v) is 5.96. The van der Waals surface area contributed by atoms with Crippen LogP contribution in [0.2, 0.25) is 0 Å². The average Bonchev–Trinajstić information content (AvgIpc) is 2.38. The van der Waals surface area contributed by atoms with E-state index in [-0.39, 0.29) is 11.4 Å². The predicted octanol–water partition coefficient (Wildman–Crippen LogP) is 3.91. The quantitative estimate of drug-likeness (QED) is 0.598.